The monoisotopic (exact) mass is 609 g/mol. The molecule has 3 aromatic carbocycles. The number of aliphatic hydroxyl groups is 1. The number of hydrogen-bond acceptors (Lipinski definition) is 9. The lowest BCUT2D eigenvalue weighted by atomic mass is 9.93. The molecule has 1 heterocycles. The second-order valence-corrected chi connectivity index (χ2v) is 10.1. The van der Waals surface area contributed by atoms with Gasteiger partial charge in [-0.05, 0) is 117 Å². The Morgan fingerprint density at radius 2 is 1.33 bits per heavy atom. The number of ether oxygens (including phenoxy) is 3. The largest absolute Gasteiger partial charge is 0.511 e. The van der Waals surface area contributed by atoms with Crippen LogP contribution in [0.25, 0.3) is 16.7 Å². The number of carbonyl (C=O) groups excluding carboxylic acids is 1. The van der Waals surface area contributed by atoms with Gasteiger partial charge < -0.3 is 23.8 Å². The van der Waals surface area contributed by atoms with Crippen molar-refractivity contribution in [3.63, 3.8) is 0 Å². The van der Waals surface area contributed by atoms with Gasteiger partial charge in [-0.15, -0.1) is 0 Å². The van der Waals surface area contributed by atoms with E-state index in [1.54, 1.807) is 51.8 Å². The van der Waals surface area contributed by atoms with Crippen molar-refractivity contribution < 1.29 is 28.6 Å². The third-order valence-corrected chi connectivity index (χ3v) is 6.97. The molecule has 1 aromatic heterocycles. The highest BCUT2D eigenvalue weighted by Crippen LogP contribution is 2.29. The fourth-order valence-electron chi connectivity index (χ4n) is 4.48. The normalized spacial score (nSPS) is 11.2. The van der Waals surface area contributed by atoms with Gasteiger partial charge in [0, 0.05) is 5.56 Å². The average Bonchev–Trinajstić information content (AvgIpc) is 3.44. The zero-order chi connectivity index (χ0) is 33.7. The number of nitriles is 2. The second-order valence-electron chi connectivity index (χ2n) is 10.1. The van der Waals surface area contributed by atoms with Gasteiger partial charge in [-0.3, -0.25) is 4.79 Å². The number of benzene rings is 3. The maximum atomic E-state index is 11.2. The van der Waals surface area contributed by atoms with Gasteiger partial charge in [-0.1, -0.05) is 17.3 Å². The number of rotatable bonds is 7. The van der Waals surface area contributed by atoms with Gasteiger partial charge in [0.05, 0.1) is 39.2 Å². The Balaban J connectivity index is 0.000000235. The summed E-state index contributed by atoms with van der Waals surface area (Å²) in [5, 5.41) is 30.9. The molecule has 0 aliphatic rings. The van der Waals surface area contributed by atoms with Crippen LogP contribution in [-0.4, -0.2) is 37.4 Å². The number of aromatic nitrogens is 1. The molecule has 0 saturated carbocycles. The zero-order valence-electron chi connectivity index (χ0n) is 27.2. The fourth-order valence-corrected chi connectivity index (χ4v) is 4.48. The quantitative estimate of drug-likeness (QED) is 0.163. The molecule has 9 heteroatoms. The van der Waals surface area contributed by atoms with Crippen molar-refractivity contribution in [2.45, 2.75) is 47.5 Å². The van der Waals surface area contributed by atoms with Crippen LogP contribution in [0.1, 0.15) is 53.3 Å². The molecule has 1 unspecified atom stereocenters. The third kappa shape index (κ3) is 9.47. The molecule has 0 bridgehead atoms. The van der Waals surface area contributed by atoms with Gasteiger partial charge in [0.2, 0.25) is 0 Å². The van der Waals surface area contributed by atoms with E-state index >= 15 is 0 Å². The number of aliphatic hydroxyl groups excluding tert-OH is 1. The first kappa shape index (κ1) is 35.7. The van der Waals surface area contributed by atoms with Crippen LogP contribution < -0.4 is 14.2 Å². The average molecular weight is 610 g/mol. The van der Waals surface area contributed by atoms with E-state index in [2.05, 4.69) is 5.16 Å². The molecular formula is C36H39N3O6. The van der Waals surface area contributed by atoms with Crippen LogP contribution in [0.4, 0.5) is 0 Å². The van der Waals surface area contributed by atoms with Crippen molar-refractivity contribution in [1.82, 2.24) is 5.16 Å². The van der Waals surface area contributed by atoms with Crippen molar-refractivity contribution in [2.75, 3.05) is 21.3 Å². The van der Waals surface area contributed by atoms with Crippen LogP contribution >= 0.6 is 0 Å². The van der Waals surface area contributed by atoms with E-state index in [-0.39, 0.29) is 11.5 Å². The number of allylic oxidation sites excluding steroid dienone is 2. The SMILES string of the molecule is COc1ccc(-c2cnoc2C)c(C)c1.COc1ccc(/C(C#N)=C(\C)O)c(C)c1.COc1ccc(C(C#N)C(C)=O)c(C)c1. The van der Waals surface area contributed by atoms with E-state index in [1.165, 1.54) is 13.8 Å². The first-order chi connectivity index (χ1) is 21.4. The lowest BCUT2D eigenvalue weighted by Gasteiger charge is -2.10. The molecular weight excluding hydrogens is 570 g/mol. The highest BCUT2D eigenvalue weighted by atomic mass is 16.5. The fraction of sp³-hybridized carbons (Fsp3) is 0.278. The van der Waals surface area contributed by atoms with Gasteiger partial charge in [0.1, 0.15) is 40.8 Å². The minimum atomic E-state index is -0.670. The predicted molar refractivity (Wildman–Crippen MR) is 173 cm³/mol. The van der Waals surface area contributed by atoms with Crippen LogP contribution in [-0.2, 0) is 4.79 Å². The Hall–Kier alpha value is -5.54. The summed E-state index contributed by atoms with van der Waals surface area (Å²) < 4.78 is 20.3. The lowest BCUT2D eigenvalue weighted by molar-refractivity contribution is -0.117. The van der Waals surface area contributed by atoms with Crippen LogP contribution in [0.3, 0.4) is 0 Å². The topological polar surface area (TPSA) is 139 Å². The molecule has 1 atom stereocenters. The number of nitrogens with zero attached hydrogens (tertiary/aromatic N) is 3. The molecule has 1 N–H and O–H groups in total. The number of hydrogen-bond donors (Lipinski definition) is 1. The second kappa shape index (κ2) is 16.9. The van der Waals surface area contributed by atoms with Crippen LogP contribution in [0.5, 0.6) is 17.2 Å². The molecule has 234 valence electrons. The summed E-state index contributed by atoms with van der Waals surface area (Å²) in [4.78, 5) is 11.2. The van der Waals surface area contributed by atoms with Gasteiger partial charge >= 0.3 is 0 Å². The van der Waals surface area contributed by atoms with Gasteiger partial charge in [-0.2, -0.15) is 10.5 Å². The molecule has 4 rings (SSSR count). The van der Waals surface area contributed by atoms with E-state index in [0.717, 1.165) is 62.0 Å². The minimum absolute atomic E-state index is 0.0331. The maximum Gasteiger partial charge on any atom is 0.151 e. The standard InChI is InChI=1S/3C12H13NO2/c1-8-6-10(14-3)4-5-11(8)12-7-13-15-9(12)2;2*1-8-6-10(15-3)4-5-11(8)12(7-13)9(2)14/h4-7H,1-3H3;4-6,14H,1-3H3;4-6,12H,1-3H3/b;12-9+;. The summed E-state index contributed by atoms with van der Waals surface area (Å²) in [5.74, 6) is 2.40. The highest BCUT2D eigenvalue weighted by Gasteiger charge is 2.18. The maximum absolute atomic E-state index is 11.2. The van der Waals surface area contributed by atoms with Gasteiger partial charge in [0.25, 0.3) is 0 Å². The van der Waals surface area contributed by atoms with E-state index in [1.807, 2.05) is 70.2 Å². The summed E-state index contributed by atoms with van der Waals surface area (Å²) in [5.41, 5.74) is 6.92. The number of methoxy groups -OCH3 is 3. The Labute approximate surface area is 264 Å². The first-order valence-electron chi connectivity index (χ1n) is 14.0. The van der Waals surface area contributed by atoms with Crippen molar-refractivity contribution in [3.8, 4) is 40.5 Å². The van der Waals surface area contributed by atoms with E-state index in [0.29, 0.717) is 5.57 Å². The summed E-state index contributed by atoms with van der Waals surface area (Å²) >= 11 is 0. The Bertz CT molecular complexity index is 1740. The molecule has 45 heavy (non-hydrogen) atoms. The molecule has 0 spiro atoms. The number of ketones is 1. The molecule has 9 nitrogen and oxygen atoms in total. The molecule has 0 saturated heterocycles. The number of Topliss-reactive ketones (excluding diaryl/α,β-unsaturated/α-hetero) is 1. The molecule has 0 aliphatic carbocycles. The Kier molecular flexibility index (Phi) is 13.4. The van der Waals surface area contributed by atoms with E-state index in [9.17, 15) is 9.90 Å². The highest BCUT2D eigenvalue weighted by molar-refractivity contribution is 5.86. The van der Waals surface area contributed by atoms with Gasteiger partial charge in [-0.25, -0.2) is 0 Å². The lowest BCUT2D eigenvalue weighted by Crippen LogP contribution is -2.08. The molecule has 0 radical (unpaired) electrons. The molecule has 4 aromatic rings. The predicted octanol–water partition coefficient (Wildman–Crippen LogP) is 7.98. The van der Waals surface area contributed by atoms with Crippen molar-refractivity contribution in [2.24, 2.45) is 0 Å². The number of aryl methyl sites for hydroxylation is 4. The molecule has 0 aliphatic heterocycles. The minimum Gasteiger partial charge on any atom is -0.511 e. The summed E-state index contributed by atoms with van der Waals surface area (Å²) in [6, 6.07) is 20.7. The van der Waals surface area contributed by atoms with E-state index < -0.39 is 5.92 Å². The van der Waals surface area contributed by atoms with Crippen LogP contribution in [0.2, 0.25) is 0 Å². The summed E-state index contributed by atoms with van der Waals surface area (Å²) in [6.07, 6.45) is 1.74. The van der Waals surface area contributed by atoms with Crippen LogP contribution in [0, 0.1) is 50.4 Å². The molecule has 0 amide bonds. The Morgan fingerprint density at radius 1 is 0.800 bits per heavy atom. The van der Waals surface area contributed by atoms with E-state index in [4.69, 9.17) is 29.3 Å². The third-order valence-electron chi connectivity index (χ3n) is 6.97. The number of carbonyl (C=O) groups is 1. The zero-order valence-corrected chi connectivity index (χ0v) is 27.2. The Morgan fingerprint density at radius 3 is 1.73 bits per heavy atom. The summed E-state index contributed by atoms with van der Waals surface area (Å²) in [6.45, 7) is 10.6. The molecule has 0 fully saturated rings. The van der Waals surface area contributed by atoms with Crippen molar-refractivity contribution in [1.29, 1.82) is 10.5 Å². The summed E-state index contributed by atoms with van der Waals surface area (Å²) in [7, 11) is 4.84. The van der Waals surface area contributed by atoms with Gasteiger partial charge in [0.15, 0.2) is 5.78 Å². The van der Waals surface area contributed by atoms with Crippen molar-refractivity contribution in [3.05, 3.63) is 100 Å². The van der Waals surface area contributed by atoms with Crippen LogP contribution in [0.15, 0.2) is 71.1 Å². The van der Waals surface area contributed by atoms with Crippen molar-refractivity contribution >= 4 is 11.4 Å². The first-order valence-corrected chi connectivity index (χ1v) is 14.0. The smallest absolute Gasteiger partial charge is 0.151 e.